The van der Waals surface area contributed by atoms with Gasteiger partial charge >= 0.3 is 0 Å². The highest BCUT2D eigenvalue weighted by Gasteiger charge is 2.30. The number of halogens is 1. The summed E-state index contributed by atoms with van der Waals surface area (Å²) in [5.74, 6) is -0.975. The van der Waals surface area contributed by atoms with E-state index in [0.29, 0.717) is 12.1 Å². The second kappa shape index (κ2) is 13.9. The Morgan fingerprint density at radius 3 is 1.97 bits per heavy atom. The molecule has 0 spiro atoms. The molecule has 0 aliphatic carbocycles. The van der Waals surface area contributed by atoms with Crippen molar-refractivity contribution in [2.75, 3.05) is 17.1 Å². The molecule has 9 heteroatoms. The van der Waals surface area contributed by atoms with Gasteiger partial charge in [-0.15, -0.1) is 0 Å². The molecule has 208 valence electrons. The molecule has 0 heterocycles. The Kier molecular flexibility index (Phi) is 10.6. The van der Waals surface area contributed by atoms with Crippen LogP contribution in [0.3, 0.4) is 0 Å². The SMILES string of the molecule is CC(C)NC(=O)[C@@H](Cc1ccccc1)N(Cc1ccccc1)C(=O)CCCN(c1ccc(F)cc1)S(C)(=O)=O. The van der Waals surface area contributed by atoms with Gasteiger partial charge in [-0.05, 0) is 55.7 Å². The standard InChI is InChI=1S/C30H36FN3O4S/c1-23(2)32-30(36)28(21-24-11-6-4-7-12-24)33(22-25-13-8-5-9-14-25)29(35)15-10-20-34(39(3,37)38)27-18-16-26(31)17-19-27/h4-9,11-14,16-19,23,28H,10,15,20-22H2,1-3H3,(H,32,36)/t28-/m1/s1. The number of carbonyl (C=O) groups is 2. The van der Waals surface area contributed by atoms with Gasteiger partial charge in [0.05, 0.1) is 11.9 Å². The van der Waals surface area contributed by atoms with Crippen LogP contribution in [0.4, 0.5) is 10.1 Å². The topological polar surface area (TPSA) is 86.8 Å². The van der Waals surface area contributed by atoms with Gasteiger partial charge in [-0.1, -0.05) is 60.7 Å². The van der Waals surface area contributed by atoms with Gasteiger partial charge in [0.25, 0.3) is 0 Å². The molecule has 0 aliphatic heterocycles. The van der Waals surface area contributed by atoms with Gasteiger partial charge < -0.3 is 10.2 Å². The van der Waals surface area contributed by atoms with Crippen molar-refractivity contribution in [3.05, 3.63) is 102 Å². The summed E-state index contributed by atoms with van der Waals surface area (Å²) in [7, 11) is -3.66. The molecule has 0 unspecified atom stereocenters. The summed E-state index contributed by atoms with van der Waals surface area (Å²) in [5, 5.41) is 2.95. The van der Waals surface area contributed by atoms with Gasteiger partial charge in [0.2, 0.25) is 21.8 Å². The van der Waals surface area contributed by atoms with Gasteiger partial charge in [-0.3, -0.25) is 13.9 Å². The van der Waals surface area contributed by atoms with E-state index in [1.54, 1.807) is 4.90 Å². The summed E-state index contributed by atoms with van der Waals surface area (Å²) < 4.78 is 39.5. The van der Waals surface area contributed by atoms with E-state index in [0.717, 1.165) is 21.7 Å². The van der Waals surface area contributed by atoms with Crippen LogP contribution in [-0.2, 0) is 32.6 Å². The third kappa shape index (κ3) is 9.21. The number of nitrogens with one attached hydrogen (secondary N) is 1. The molecule has 0 saturated heterocycles. The maximum absolute atomic E-state index is 13.7. The Morgan fingerprint density at radius 2 is 1.44 bits per heavy atom. The molecular formula is C30H36FN3O4S. The third-order valence-corrected chi connectivity index (χ3v) is 7.36. The first kappa shape index (κ1) is 29.8. The number of hydrogen-bond acceptors (Lipinski definition) is 4. The second-order valence-electron chi connectivity index (χ2n) is 9.79. The molecule has 0 radical (unpaired) electrons. The predicted octanol–water partition coefficient (Wildman–Crippen LogP) is 4.54. The Hall–Kier alpha value is -3.72. The minimum Gasteiger partial charge on any atom is -0.352 e. The van der Waals surface area contributed by atoms with Crippen LogP contribution in [0.25, 0.3) is 0 Å². The molecule has 1 atom stereocenters. The highest BCUT2D eigenvalue weighted by molar-refractivity contribution is 7.92. The molecule has 3 aromatic carbocycles. The highest BCUT2D eigenvalue weighted by Crippen LogP contribution is 2.20. The Balaban J connectivity index is 1.85. The summed E-state index contributed by atoms with van der Waals surface area (Å²) >= 11 is 0. The number of benzene rings is 3. The number of anilines is 1. The van der Waals surface area contributed by atoms with Crippen molar-refractivity contribution in [1.82, 2.24) is 10.2 Å². The van der Waals surface area contributed by atoms with E-state index in [9.17, 15) is 22.4 Å². The lowest BCUT2D eigenvalue weighted by molar-refractivity contribution is -0.141. The lowest BCUT2D eigenvalue weighted by Crippen LogP contribution is -2.51. The van der Waals surface area contributed by atoms with E-state index in [-0.39, 0.29) is 43.8 Å². The van der Waals surface area contributed by atoms with Crippen LogP contribution in [0.1, 0.15) is 37.8 Å². The molecule has 0 saturated carbocycles. The average molecular weight is 554 g/mol. The lowest BCUT2D eigenvalue weighted by Gasteiger charge is -2.32. The van der Waals surface area contributed by atoms with Crippen molar-refractivity contribution in [3.8, 4) is 0 Å². The van der Waals surface area contributed by atoms with Gasteiger partial charge in [0.15, 0.2) is 0 Å². The van der Waals surface area contributed by atoms with Crippen LogP contribution in [0, 0.1) is 5.82 Å². The van der Waals surface area contributed by atoms with Crippen molar-refractivity contribution in [2.45, 2.75) is 51.7 Å². The van der Waals surface area contributed by atoms with Crippen molar-refractivity contribution in [1.29, 1.82) is 0 Å². The van der Waals surface area contributed by atoms with E-state index in [2.05, 4.69) is 5.32 Å². The maximum Gasteiger partial charge on any atom is 0.243 e. The monoisotopic (exact) mass is 553 g/mol. The van der Waals surface area contributed by atoms with Crippen molar-refractivity contribution in [2.24, 2.45) is 0 Å². The minimum absolute atomic E-state index is 0.0281. The molecule has 1 N–H and O–H groups in total. The van der Waals surface area contributed by atoms with Crippen LogP contribution < -0.4 is 9.62 Å². The number of carbonyl (C=O) groups excluding carboxylic acids is 2. The van der Waals surface area contributed by atoms with Crippen LogP contribution in [0.15, 0.2) is 84.9 Å². The highest BCUT2D eigenvalue weighted by atomic mass is 32.2. The molecule has 2 amide bonds. The molecule has 3 rings (SSSR count). The largest absolute Gasteiger partial charge is 0.352 e. The average Bonchev–Trinajstić information content (AvgIpc) is 2.89. The molecule has 0 aliphatic rings. The zero-order valence-corrected chi connectivity index (χ0v) is 23.4. The smallest absolute Gasteiger partial charge is 0.243 e. The number of hydrogen-bond donors (Lipinski definition) is 1. The fraction of sp³-hybridized carbons (Fsp3) is 0.333. The molecule has 3 aromatic rings. The van der Waals surface area contributed by atoms with Gasteiger partial charge in [-0.25, -0.2) is 12.8 Å². The van der Waals surface area contributed by atoms with Crippen molar-refractivity contribution < 1.29 is 22.4 Å². The normalized spacial score (nSPS) is 12.1. The first-order chi connectivity index (χ1) is 18.5. The van der Waals surface area contributed by atoms with Crippen LogP contribution in [0.2, 0.25) is 0 Å². The number of sulfonamides is 1. The minimum atomic E-state index is -3.66. The van der Waals surface area contributed by atoms with E-state index in [1.807, 2.05) is 74.5 Å². The Labute approximate surface area is 230 Å². The predicted molar refractivity (Wildman–Crippen MR) is 152 cm³/mol. The van der Waals surface area contributed by atoms with Gasteiger partial charge in [0.1, 0.15) is 11.9 Å². The first-order valence-electron chi connectivity index (χ1n) is 13.0. The number of amides is 2. The zero-order valence-electron chi connectivity index (χ0n) is 22.6. The van der Waals surface area contributed by atoms with E-state index in [1.165, 1.54) is 24.3 Å². The molecule has 7 nitrogen and oxygen atoms in total. The Morgan fingerprint density at radius 1 is 0.872 bits per heavy atom. The van der Waals surface area contributed by atoms with Gasteiger partial charge in [0, 0.05) is 32.0 Å². The van der Waals surface area contributed by atoms with Crippen LogP contribution in [-0.4, -0.2) is 50.0 Å². The summed E-state index contributed by atoms with van der Waals surface area (Å²) in [5.41, 5.74) is 2.13. The summed E-state index contributed by atoms with van der Waals surface area (Å²) in [6, 6.07) is 23.3. The third-order valence-electron chi connectivity index (χ3n) is 6.16. The molecular weight excluding hydrogens is 517 g/mol. The summed E-state index contributed by atoms with van der Waals surface area (Å²) in [4.78, 5) is 28.7. The second-order valence-corrected chi connectivity index (χ2v) is 11.7. The molecule has 0 aromatic heterocycles. The lowest BCUT2D eigenvalue weighted by atomic mass is 10.0. The fourth-order valence-corrected chi connectivity index (χ4v) is 5.29. The number of rotatable bonds is 13. The van der Waals surface area contributed by atoms with Gasteiger partial charge in [-0.2, -0.15) is 0 Å². The van der Waals surface area contributed by atoms with Crippen molar-refractivity contribution >= 4 is 27.5 Å². The summed E-state index contributed by atoms with van der Waals surface area (Å²) in [6.45, 7) is 4.01. The van der Waals surface area contributed by atoms with Crippen LogP contribution in [0.5, 0.6) is 0 Å². The van der Waals surface area contributed by atoms with Crippen molar-refractivity contribution in [3.63, 3.8) is 0 Å². The first-order valence-corrected chi connectivity index (χ1v) is 14.8. The van der Waals surface area contributed by atoms with Crippen LogP contribution >= 0.6 is 0 Å². The van der Waals surface area contributed by atoms with E-state index in [4.69, 9.17) is 0 Å². The maximum atomic E-state index is 13.7. The quantitative estimate of drug-likeness (QED) is 0.337. The molecule has 0 fully saturated rings. The van der Waals surface area contributed by atoms with E-state index < -0.39 is 21.9 Å². The molecule has 39 heavy (non-hydrogen) atoms. The summed E-state index contributed by atoms with van der Waals surface area (Å²) in [6.07, 6.45) is 1.66. The fourth-order valence-electron chi connectivity index (χ4n) is 4.33. The Bertz CT molecular complexity index is 1320. The number of nitrogens with zero attached hydrogens (tertiary/aromatic N) is 2. The molecule has 0 bridgehead atoms. The van der Waals surface area contributed by atoms with E-state index >= 15 is 0 Å². The zero-order chi connectivity index (χ0) is 28.4.